The molecule has 4 rings (SSSR count). The molecule has 1 aliphatic heterocycles. The second-order valence-electron chi connectivity index (χ2n) is 6.62. The molecule has 2 aromatic carbocycles. The standard InChI is InChI=1S/C20H19FN2O3/c1-2-26-14-10-17-15-4-3-5-16(15)19(12-6-8-13(21)9-7-12)22-20(17)18(11-14)23(24)25/h3-4,6-11,15-16,19,22H,2,5H2,1H3/t15-,16+,19-/m1/s1. The molecular formula is C20H19FN2O3. The summed E-state index contributed by atoms with van der Waals surface area (Å²) < 4.78 is 18.8. The lowest BCUT2D eigenvalue weighted by Gasteiger charge is -2.37. The molecule has 6 heteroatoms. The fourth-order valence-electron chi connectivity index (χ4n) is 4.05. The van der Waals surface area contributed by atoms with Crippen molar-refractivity contribution in [2.24, 2.45) is 5.92 Å². The molecule has 0 fully saturated rings. The molecular weight excluding hydrogens is 335 g/mol. The van der Waals surface area contributed by atoms with E-state index in [1.54, 1.807) is 12.1 Å². The van der Waals surface area contributed by atoms with Gasteiger partial charge in [-0.1, -0.05) is 24.3 Å². The summed E-state index contributed by atoms with van der Waals surface area (Å²) >= 11 is 0. The van der Waals surface area contributed by atoms with Gasteiger partial charge in [0.15, 0.2) is 0 Å². The number of fused-ring (bicyclic) bond motifs is 3. The van der Waals surface area contributed by atoms with E-state index in [9.17, 15) is 14.5 Å². The number of halogens is 1. The zero-order valence-electron chi connectivity index (χ0n) is 14.3. The number of nitrogens with zero attached hydrogens (tertiary/aromatic N) is 1. The highest BCUT2D eigenvalue weighted by molar-refractivity contribution is 5.73. The van der Waals surface area contributed by atoms with E-state index in [4.69, 9.17) is 4.74 Å². The molecule has 26 heavy (non-hydrogen) atoms. The number of nitrogens with one attached hydrogen (secondary N) is 1. The van der Waals surface area contributed by atoms with Crippen molar-refractivity contribution < 1.29 is 14.1 Å². The minimum atomic E-state index is -0.380. The summed E-state index contributed by atoms with van der Waals surface area (Å²) in [5.74, 6) is 0.516. The van der Waals surface area contributed by atoms with E-state index in [1.165, 1.54) is 18.2 Å². The van der Waals surface area contributed by atoms with Gasteiger partial charge in [-0.05, 0) is 48.6 Å². The first-order chi connectivity index (χ1) is 12.6. The summed E-state index contributed by atoms with van der Waals surface area (Å²) in [5.41, 5.74) is 2.36. The lowest BCUT2D eigenvalue weighted by molar-refractivity contribution is -0.384. The Labute approximate surface area is 150 Å². The van der Waals surface area contributed by atoms with E-state index in [2.05, 4.69) is 17.5 Å². The highest BCUT2D eigenvalue weighted by Gasteiger charge is 2.41. The number of anilines is 1. The maximum absolute atomic E-state index is 13.3. The Morgan fingerprint density at radius 2 is 2.08 bits per heavy atom. The Kier molecular flexibility index (Phi) is 4.11. The van der Waals surface area contributed by atoms with Crippen LogP contribution in [0.4, 0.5) is 15.8 Å². The van der Waals surface area contributed by atoms with Gasteiger partial charge >= 0.3 is 0 Å². The first-order valence-electron chi connectivity index (χ1n) is 8.72. The quantitative estimate of drug-likeness (QED) is 0.479. The van der Waals surface area contributed by atoms with Crippen molar-refractivity contribution in [3.05, 3.63) is 75.6 Å². The number of nitro groups is 1. The minimum absolute atomic E-state index is 0.0109. The van der Waals surface area contributed by atoms with Gasteiger partial charge in [0.2, 0.25) is 0 Å². The number of hydrogen-bond acceptors (Lipinski definition) is 4. The van der Waals surface area contributed by atoms with E-state index >= 15 is 0 Å². The maximum Gasteiger partial charge on any atom is 0.296 e. The average Bonchev–Trinajstić information content (AvgIpc) is 3.11. The van der Waals surface area contributed by atoms with Crippen LogP contribution in [0, 0.1) is 21.8 Å². The highest BCUT2D eigenvalue weighted by Crippen LogP contribution is 2.53. The molecule has 0 radical (unpaired) electrons. The topological polar surface area (TPSA) is 64.4 Å². The number of ether oxygens (including phenoxy) is 1. The summed E-state index contributed by atoms with van der Waals surface area (Å²) in [5, 5.41) is 15.0. The summed E-state index contributed by atoms with van der Waals surface area (Å²) in [6.07, 6.45) is 5.09. The largest absolute Gasteiger partial charge is 0.494 e. The van der Waals surface area contributed by atoms with Crippen molar-refractivity contribution >= 4 is 11.4 Å². The molecule has 1 heterocycles. The predicted octanol–water partition coefficient (Wildman–Crippen LogP) is 4.96. The summed E-state index contributed by atoms with van der Waals surface area (Å²) in [6, 6.07) is 9.59. The molecule has 3 atom stereocenters. The van der Waals surface area contributed by atoms with Crippen LogP contribution in [-0.2, 0) is 0 Å². The van der Waals surface area contributed by atoms with Gasteiger partial charge in [0.05, 0.1) is 23.6 Å². The number of benzene rings is 2. The van der Waals surface area contributed by atoms with Gasteiger partial charge in [0, 0.05) is 5.92 Å². The molecule has 134 valence electrons. The minimum Gasteiger partial charge on any atom is -0.494 e. The van der Waals surface area contributed by atoms with Crippen molar-refractivity contribution in [1.29, 1.82) is 0 Å². The van der Waals surface area contributed by atoms with Gasteiger partial charge in [-0.2, -0.15) is 0 Å². The van der Waals surface area contributed by atoms with Crippen molar-refractivity contribution in [2.45, 2.75) is 25.3 Å². The Bertz CT molecular complexity index is 879. The fraction of sp³-hybridized carbons (Fsp3) is 0.300. The zero-order valence-corrected chi connectivity index (χ0v) is 14.3. The molecule has 0 saturated heterocycles. The van der Waals surface area contributed by atoms with Crippen LogP contribution in [-0.4, -0.2) is 11.5 Å². The van der Waals surface area contributed by atoms with Crippen molar-refractivity contribution in [3.8, 4) is 5.75 Å². The molecule has 5 nitrogen and oxygen atoms in total. The van der Waals surface area contributed by atoms with E-state index in [0.717, 1.165) is 17.5 Å². The smallest absolute Gasteiger partial charge is 0.296 e. The summed E-state index contributed by atoms with van der Waals surface area (Å²) in [4.78, 5) is 11.3. The van der Waals surface area contributed by atoms with Crippen molar-refractivity contribution in [3.63, 3.8) is 0 Å². The van der Waals surface area contributed by atoms with E-state index < -0.39 is 0 Å². The van der Waals surface area contributed by atoms with Gasteiger partial charge < -0.3 is 10.1 Å². The SMILES string of the molecule is CCOc1cc2c(c([N+](=O)[O-])c1)N[C@H](c1ccc(F)cc1)[C@H]1CC=C[C@@H]21. The molecule has 0 spiro atoms. The molecule has 0 saturated carbocycles. The Balaban J connectivity index is 1.83. The van der Waals surface area contributed by atoms with E-state index in [0.29, 0.717) is 18.0 Å². The molecule has 2 aliphatic rings. The molecule has 0 amide bonds. The predicted molar refractivity (Wildman–Crippen MR) is 97.0 cm³/mol. The third-order valence-electron chi connectivity index (χ3n) is 5.16. The van der Waals surface area contributed by atoms with Crippen LogP contribution < -0.4 is 10.1 Å². The number of nitro benzene ring substituents is 1. The Morgan fingerprint density at radius 1 is 1.31 bits per heavy atom. The van der Waals surface area contributed by atoms with Crippen LogP contribution in [0.15, 0.2) is 48.6 Å². The lowest BCUT2D eigenvalue weighted by Crippen LogP contribution is -2.29. The second kappa shape index (κ2) is 6.44. The number of allylic oxidation sites excluding steroid dienone is 2. The fourth-order valence-corrected chi connectivity index (χ4v) is 4.05. The molecule has 0 unspecified atom stereocenters. The normalized spacial score (nSPS) is 23.1. The third kappa shape index (κ3) is 2.71. The molecule has 0 bridgehead atoms. The van der Waals surface area contributed by atoms with Gasteiger partial charge in [-0.3, -0.25) is 10.1 Å². The molecule has 2 aromatic rings. The van der Waals surface area contributed by atoms with E-state index in [-0.39, 0.29) is 34.3 Å². The van der Waals surface area contributed by atoms with Crippen LogP contribution in [0.25, 0.3) is 0 Å². The van der Waals surface area contributed by atoms with Crippen molar-refractivity contribution in [1.82, 2.24) is 0 Å². The van der Waals surface area contributed by atoms with Crippen molar-refractivity contribution in [2.75, 3.05) is 11.9 Å². The zero-order chi connectivity index (χ0) is 18.3. The second-order valence-corrected chi connectivity index (χ2v) is 6.62. The summed E-state index contributed by atoms with van der Waals surface area (Å²) in [6.45, 7) is 2.30. The Hall–Kier alpha value is -2.89. The molecule has 1 aliphatic carbocycles. The average molecular weight is 354 g/mol. The van der Waals surface area contributed by atoms with E-state index in [1.807, 2.05) is 13.0 Å². The molecule has 0 aromatic heterocycles. The van der Waals surface area contributed by atoms with Crippen LogP contribution in [0.5, 0.6) is 5.75 Å². The van der Waals surface area contributed by atoms with Crippen LogP contribution >= 0.6 is 0 Å². The highest BCUT2D eigenvalue weighted by atomic mass is 19.1. The third-order valence-corrected chi connectivity index (χ3v) is 5.16. The molecule has 1 N–H and O–H groups in total. The number of hydrogen-bond donors (Lipinski definition) is 1. The van der Waals surface area contributed by atoms with Gasteiger partial charge in [0.25, 0.3) is 5.69 Å². The van der Waals surface area contributed by atoms with Gasteiger partial charge in [-0.15, -0.1) is 0 Å². The maximum atomic E-state index is 13.3. The monoisotopic (exact) mass is 354 g/mol. The number of rotatable bonds is 4. The summed E-state index contributed by atoms with van der Waals surface area (Å²) in [7, 11) is 0. The first kappa shape index (κ1) is 16.6. The van der Waals surface area contributed by atoms with Gasteiger partial charge in [-0.25, -0.2) is 4.39 Å². The van der Waals surface area contributed by atoms with Gasteiger partial charge in [0.1, 0.15) is 17.3 Å². The van der Waals surface area contributed by atoms with Crippen LogP contribution in [0.1, 0.15) is 36.4 Å². The first-order valence-corrected chi connectivity index (χ1v) is 8.72. The van der Waals surface area contributed by atoms with Crippen LogP contribution in [0.3, 0.4) is 0 Å². The Morgan fingerprint density at radius 3 is 2.77 bits per heavy atom. The van der Waals surface area contributed by atoms with Crippen LogP contribution in [0.2, 0.25) is 0 Å². The lowest BCUT2D eigenvalue weighted by atomic mass is 9.76.